The minimum atomic E-state index is -0.327. The molecule has 0 radical (unpaired) electrons. The number of aliphatic hydroxyl groups is 1. The van der Waals surface area contributed by atoms with Crippen LogP contribution < -0.4 is 0 Å². The fraction of sp³-hybridized carbons (Fsp3) is 0.429. The second-order valence-electron chi connectivity index (χ2n) is 5.33. The van der Waals surface area contributed by atoms with Gasteiger partial charge < -0.3 is 9.52 Å². The Kier molecular flexibility index (Phi) is 4.57. The molecule has 0 saturated heterocycles. The van der Waals surface area contributed by atoms with E-state index < -0.39 is 0 Å². The van der Waals surface area contributed by atoms with Gasteiger partial charge in [-0.3, -0.25) is 4.90 Å². The van der Waals surface area contributed by atoms with E-state index in [0.29, 0.717) is 18.3 Å². The SMILES string of the molecule is CN(Cc1nnc(-c2ccc(Br)cc2)o1)C(C)(C)CO. The monoisotopic (exact) mass is 339 g/mol. The van der Waals surface area contributed by atoms with Gasteiger partial charge in [-0.05, 0) is 45.2 Å². The van der Waals surface area contributed by atoms with Crippen molar-refractivity contribution in [3.8, 4) is 11.5 Å². The number of hydrogen-bond acceptors (Lipinski definition) is 5. The van der Waals surface area contributed by atoms with Crippen molar-refractivity contribution in [2.45, 2.75) is 25.9 Å². The molecule has 0 bridgehead atoms. The highest BCUT2D eigenvalue weighted by Gasteiger charge is 2.24. The smallest absolute Gasteiger partial charge is 0.247 e. The van der Waals surface area contributed by atoms with Gasteiger partial charge in [0.15, 0.2) is 0 Å². The Bertz CT molecular complexity index is 566. The van der Waals surface area contributed by atoms with Gasteiger partial charge in [-0.25, -0.2) is 0 Å². The van der Waals surface area contributed by atoms with E-state index in [1.165, 1.54) is 0 Å². The number of benzene rings is 1. The molecule has 2 aromatic rings. The molecule has 0 aliphatic carbocycles. The predicted molar refractivity (Wildman–Crippen MR) is 80.1 cm³/mol. The van der Waals surface area contributed by atoms with E-state index in [4.69, 9.17) is 4.42 Å². The fourth-order valence-corrected chi connectivity index (χ4v) is 1.83. The molecule has 0 unspecified atom stereocenters. The van der Waals surface area contributed by atoms with E-state index in [0.717, 1.165) is 10.0 Å². The largest absolute Gasteiger partial charge is 0.419 e. The average Bonchev–Trinajstić information content (AvgIpc) is 2.88. The van der Waals surface area contributed by atoms with Gasteiger partial charge in [-0.2, -0.15) is 0 Å². The molecule has 0 spiro atoms. The summed E-state index contributed by atoms with van der Waals surface area (Å²) < 4.78 is 6.66. The number of halogens is 1. The molecule has 6 heteroatoms. The molecular formula is C14H18BrN3O2. The lowest BCUT2D eigenvalue weighted by Gasteiger charge is -2.32. The highest BCUT2D eigenvalue weighted by atomic mass is 79.9. The van der Waals surface area contributed by atoms with Gasteiger partial charge in [-0.1, -0.05) is 15.9 Å². The summed E-state index contributed by atoms with van der Waals surface area (Å²) >= 11 is 3.39. The Morgan fingerprint density at radius 3 is 2.50 bits per heavy atom. The highest BCUT2D eigenvalue weighted by Crippen LogP contribution is 2.21. The van der Waals surface area contributed by atoms with Crippen LogP contribution in [-0.2, 0) is 6.54 Å². The van der Waals surface area contributed by atoms with E-state index in [9.17, 15) is 5.11 Å². The van der Waals surface area contributed by atoms with Gasteiger partial charge in [-0.15, -0.1) is 10.2 Å². The molecule has 20 heavy (non-hydrogen) atoms. The van der Waals surface area contributed by atoms with E-state index >= 15 is 0 Å². The normalized spacial score (nSPS) is 12.1. The highest BCUT2D eigenvalue weighted by molar-refractivity contribution is 9.10. The first kappa shape index (κ1) is 15.2. The minimum Gasteiger partial charge on any atom is -0.419 e. The van der Waals surface area contributed by atoms with Crippen molar-refractivity contribution in [2.75, 3.05) is 13.7 Å². The maximum Gasteiger partial charge on any atom is 0.247 e. The quantitative estimate of drug-likeness (QED) is 0.907. The summed E-state index contributed by atoms with van der Waals surface area (Å²) in [5, 5.41) is 17.4. The van der Waals surface area contributed by atoms with Crippen LogP contribution in [0.2, 0.25) is 0 Å². The zero-order chi connectivity index (χ0) is 14.8. The molecule has 5 nitrogen and oxygen atoms in total. The van der Waals surface area contributed by atoms with Gasteiger partial charge in [0, 0.05) is 15.6 Å². The molecule has 0 amide bonds. The number of likely N-dealkylation sites (N-methyl/N-ethyl adjacent to an activating group) is 1. The lowest BCUT2D eigenvalue weighted by atomic mass is 10.1. The van der Waals surface area contributed by atoms with E-state index in [2.05, 4.69) is 26.1 Å². The second kappa shape index (κ2) is 6.03. The van der Waals surface area contributed by atoms with Crippen LogP contribution in [0.15, 0.2) is 33.2 Å². The standard InChI is InChI=1S/C14H18BrN3O2/c1-14(2,9-19)18(3)8-12-16-17-13(20-12)10-4-6-11(15)7-5-10/h4-7,19H,8-9H2,1-3H3. The molecule has 1 aromatic carbocycles. The molecule has 0 saturated carbocycles. The molecule has 1 aromatic heterocycles. The van der Waals surface area contributed by atoms with E-state index in [1.807, 2.05) is 50.1 Å². The first-order valence-corrected chi connectivity index (χ1v) is 7.12. The van der Waals surface area contributed by atoms with Gasteiger partial charge in [0.25, 0.3) is 0 Å². The maximum absolute atomic E-state index is 9.34. The summed E-state index contributed by atoms with van der Waals surface area (Å²) in [4.78, 5) is 1.98. The van der Waals surface area contributed by atoms with Crippen LogP contribution in [0.4, 0.5) is 0 Å². The molecule has 0 aliphatic rings. The Labute approximate surface area is 126 Å². The van der Waals surface area contributed by atoms with Gasteiger partial charge >= 0.3 is 0 Å². The molecule has 0 atom stereocenters. The lowest BCUT2D eigenvalue weighted by molar-refractivity contribution is 0.0670. The van der Waals surface area contributed by atoms with E-state index in [1.54, 1.807) is 0 Å². The summed E-state index contributed by atoms with van der Waals surface area (Å²) in [7, 11) is 1.92. The third-order valence-corrected chi connectivity index (χ3v) is 3.88. The zero-order valence-electron chi connectivity index (χ0n) is 11.8. The first-order valence-electron chi connectivity index (χ1n) is 6.33. The summed E-state index contributed by atoms with van der Waals surface area (Å²) in [5.41, 5.74) is 0.558. The number of rotatable bonds is 5. The van der Waals surface area contributed by atoms with Crippen molar-refractivity contribution < 1.29 is 9.52 Å². The van der Waals surface area contributed by atoms with Crippen molar-refractivity contribution in [3.05, 3.63) is 34.6 Å². The van der Waals surface area contributed by atoms with Crippen LogP contribution in [0.5, 0.6) is 0 Å². The van der Waals surface area contributed by atoms with Gasteiger partial charge in [0.2, 0.25) is 11.8 Å². The molecule has 0 aliphatic heterocycles. The summed E-state index contributed by atoms with van der Waals surface area (Å²) in [6.07, 6.45) is 0. The Morgan fingerprint density at radius 1 is 1.25 bits per heavy atom. The van der Waals surface area contributed by atoms with Crippen LogP contribution in [0.25, 0.3) is 11.5 Å². The predicted octanol–water partition coefficient (Wildman–Crippen LogP) is 2.70. The van der Waals surface area contributed by atoms with E-state index in [-0.39, 0.29) is 12.1 Å². The summed E-state index contributed by atoms with van der Waals surface area (Å²) in [6.45, 7) is 4.48. The van der Waals surface area contributed by atoms with Crippen LogP contribution in [0, 0.1) is 0 Å². The summed E-state index contributed by atoms with van der Waals surface area (Å²) in [5.74, 6) is 1.04. The maximum atomic E-state index is 9.34. The van der Waals surface area contributed by atoms with Crippen molar-refractivity contribution in [2.24, 2.45) is 0 Å². The van der Waals surface area contributed by atoms with Crippen LogP contribution in [-0.4, -0.2) is 39.4 Å². The van der Waals surface area contributed by atoms with Crippen molar-refractivity contribution in [1.82, 2.24) is 15.1 Å². The van der Waals surface area contributed by atoms with Crippen LogP contribution >= 0.6 is 15.9 Å². The minimum absolute atomic E-state index is 0.0667. The third-order valence-electron chi connectivity index (χ3n) is 3.35. The Morgan fingerprint density at radius 2 is 1.90 bits per heavy atom. The molecule has 2 rings (SSSR count). The Balaban J connectivity index is 2.11. The lowest BCUT2D eigenvalue weighted by Crippen LogP contribution is -2.43. The topological polar surface area (TPSA) is 62.4 Å². The third kappa shape index (κ3) is 3.45. The molecule has 1 N–H and O–H groups in total. The number of nitrogens with zero attached hydrogens (tertiary/aromatic N) is 3. The number of aromatic nitrogens is 2. The van der Waals surface area contributed by atoms with Crippen molar-refractivity contribution in [3.63, 3.8) is 0 Å². The van der Waals surface area contributed by atoms with Crippen molar-refractivity contribution >= 4 is 15.9 Å². The fourth-order valence-electron chi connectivity index (χ4n) is 1.56. The molecule has 1 heterocycles. The first-order chi connectivity index (χ1) is 9.42. The second-order valence-corrected chi connectivity index (χ2v) is 6.25. The molecular weight excluding hydrogens is 322 g/mol. The van der Waals surface area contributed by atoms with Crippen LogP contribution in [0.1, 0.15) is 19.7 Å². The number of aliphatic hydroxyl groups excluding tert-OH is 1. The average molecular weight is 340 g/mol. The van der Waals surface area contributed by atoms with Crippen molar-refractivity contribution in [1.29, 1.82) is 0 Å². The van der Waals surface area contributed by atoms with Gasteiger partial charge in [0.1, 0.15) is 0 Å². The van der Waals surface area contributed by atoms with Crippen LogP contribution in [0.3, 0.4) is 0 Å². The van der Waals surface area contributed by atoms with Gasteiger partial charge in [0.05, 0.1) is 13.2 Å². The molecule has 0 fully saturated rings. The Hall–Kier alpha value is -1.24. The number of hydrogen-bond donors (Lipinski definition) is 1. The summed E-state index contributed by atoms with van der Waals surface area (Å²) in [6, 6.07) is 7.70. The zero-order valence-corrected chi connectivity index (χ0v) is 13.4. The molecule has 108 valence electrons.